The average molecular weight is 190 g/mol. The molecule has 3 nitrogen and oxygen atoms in total. The predicted molar refractivity (Wildman–Crippen MR) is 54.1 cm³/mol. The second-order valence-electron chi connectivity index (χ2n) is 3.68. The van der Waals surface area contributed by atoms with Gasteiger partial charge in [-0.05, 0) is 38.1 Å². The Labute approximate surface area is 83.8 Å². The van der Waals surface area contributed by atoms with Gasteiger partial charge in [0.15, 0.2) is 6.29 Å². The van der Waals surface area contributed by atoms with Gasteiger partial charge in [-0.25, -0.2) is 0 Å². The van der Waals surface area contributed by atoms with Crippen molar-refractivity contribution < 1.29 is 4.79 Å². The van der Waals surface area contributed by atoms with Crippen molar-refractivity contribution in [2.24, 2.45) is 0 Å². The molecule has 0 atom stereocenters. The van der Waals surface area contributed by atoms with E-state index in [2.05, 4.69) is 9.88 Å². The predicted octanol–water partition coefficient (Wildman–Crippen LogP) is 1.49. The molecule has 0 saturated carbocycles. The molecule has 14 heavy (non-hydrogen) atoms. The fourth-order valence-electron chi connectivity index (χ4n) is 1.77. The van der Waals surface area contributed by atoms with Crippen molar-refractivity contribution in [2.75, 3.05) is 13.1 Å². The largest absolute Gasteiger partial charge is 0.298 e. The summed E-state index contributed by atoms with van der Waals surface area (Å²) in [4.78, 5) is 17.0. The Kier molecular flexibility index (Phi) is 2.89. The molecule has 0 amide bonds. The molecule has 0 bridgehead atoms. The Morgan fingerprint density at radius 3 is 2.71 bits per heavy atom. The van der Waals surface area contributed by atoms with Gasteiger partial charge in [0.2, 0.25) is 0 Å². The summed E-state index contributed by atoms with van der Waals surface area (Å²) >= 11 is 0. The highest BCUT2D eigenvalue weighted by molar-refractivity contribution is 5.73. The quantitative estimate of drug-likeness (QED) is 0.677. The van der Waals surface area contributed by atoms with E-state index in [1.807, 2.05) is 12.1 Å². The summed E-state index contributed by atoms with van der Waals surface area (Å²) in [6, 6.07) is 3.76. The maximum Gasteiger partial charge on any atom is 0.151 e. The maximum absolute atomic E-state index is 10.4. The topological polar surface area (TPSA) is 33.2 Å². The van der Waals surface area contributed by atoms with Crippen LogP contribution in [0.25, 0.3) is 0 Å². The number of aromatic nitrogens is 1. The summed E-state index contributed by atoms with van der Waals surface area (Å²) in [5.74, 6) is 0. The highest BCUT2D eigenvalue weighted by Crippen LogP contribution is 2.11. The normalized spacial score (nSPS) is 17.1. The van der Waals surface area contributed by atoms with E-state index < -0.39 is 0 Å². The SMILES string of the molecule is O=Cc1ccc(CN2CCCC2)nc1. The molecule has 1 aliphatic rings. The van der Waals surface area contributed by atoms with Gasteiger partial charge in [-0.15, -0.1) is 0 Å². The number of hydrogen-bond acceptors (Lipinski definition) is 3. The van der Waals surface area contributed by atoms with Crippen LogP contribution in [0, 0.1) is 0 Å². The number of likely N-dealkylation sites (tertiary alicyclic amines) is 1. The van der Waals surface area contributed by atoms with Gasteiger partial charge in [-0.2, -0.15) is 0 Å². The number of nitrogens with zero attached hydrogens (tertiary/aromatic N) is 2. The monoisotopic (exact) mass is 190 g/mol. The highest BCUT2D eigenvalue weighted by atomic mass is 16.1. The van der Waals surface area contributed by atoms with Crippen LogP contribution < -0.4 is 0 Å². The second-order valence-corrected chi connectivity index (χ2v) is 3.68. The third kappa shape index (κ3) is 2.17. The minimum Gasteiger partial charge on any atom is -0.298 e. The zero-order valence-corrected chi connectivity index (χ0v) is 8.15. The first kappa shape index (κ1) is 9.34. The molecule has 0 aliphatic carbocycles. The van der Waals surface area contributed by atoms with Crippen molar-refractivity contribution in [2.45, 2.75) is 19.4 Å². The van der Waals surface area contributed by atoms with Gasteiger partial charge in [0.25, 0.3) is 0 Å². The zero-order valence-electron chi connectivity index (χ0n) is 8.15. The van der Waals surface area contributed by atoms with Gasteiger partial charge in [0, 0.05) is 18.3 Å². The van der Waals surface area contributed by atoms with E-state index >= 15 is 0 Å². The van der Waals surface area contributed by atoms with Gasteiger partial charge in [-0.3, -0.25) is 14.7 Å². The molecule has 2 heterocycles. The average Bonchev–Trinajstić information content (AvgIpc) is 2.72. The maximum atomic E-state index is 10.4. The number of pyridine rings is 1. The Morgan fingerprint density at radius 1 is 1.36 bits per heavy atom. The lowest BCUT2D eigenvalue weighted by Crippen LogP contribution is -2.19. The van der Waals surface area contributed by atoms with Crippen LogP contribution in [0.2, 0.25) is 0 Å². The van der Waals surface area contributed by atoms with Gasteiger partial charge in [0.1, 0.15) is 0 Å². The minimum absolute atomic E-state index is 0.648. The summed E-state index contributed by atoms with van der Waals surface area (Å²) in [7, 11) is 0. The van der Waals surface area contributed by atoms with Crippen molar-refractivity contribution in [3.05, 3.63) is 29.6 Å². The van der Waals surface area contributed by atoms with Crippen LogP contribution in [0.1, 0.15) is 28.9 Å². The smallest absolute Gasteiger partial charge is 0.151 e. The van der Waals surface area contributed by atoms with Gasteiger partial charge in [-0.1, -0.05) is 0 Å². The van der Waals surface area contributed by atoms with Gasteiger partial charge in [0.05, 0.1) is 5.69 Å². The van der Waals surface area contributed by atoms with Crippen LogP contribution in [0.3, 0.4) is 0 Å². The van der Waals surface area contributed by atoms with E-state index in [0.29, 0.717) is 5.56 Å². The molecule has 0 N–H and O–H groups in total. The Morgan fingerprint density at radius 2 is 2.14 bits per heavy atom. The summed E-state index contributed by atoms with van der Waals surface area (Å²) in [6.45, 7) is 3.27. The molecular weight excluding hydrogens is 176 g/mol. The third-order valence-electron chi connectivity index (χ3n) is 2.57. The zero-order chi connectivity index (χ0) is 9.80. The van der Waals surface area contributed by atoms with Crippen LogP contribution in [0.5, 0.6) is 0 Å². The fraction of sp³-hybridized carbons (Fsp3) is 0.455. The Hall–Kier alpha value is -1.22. The second kappa shape index (κ2) is 4.33. The van der Waals surface area contributed by atoms with E-state index in [-0.39, 0.29) is 0 Å². The molecular formula is C11H14N2O. The van der Waals surface area contributed by atoms with Crippen molar-refractivity contribution in [3.63, 3.8) is 0 Å². The summed E-state index contributed by atoms with van der Waals surface area (Å²) in [5, 5.41) is 0. The number of rotatable bonds is 3. The summed E-state index contributed by atoms with van der Waals surface area (Å²) < 4.78 is 0. The third-order valence-corrected chi connectivity index (χ3v) is 2.57. The Balaban J connectivity index is 1.98. The molecule has 0 aromatic carbocycles. The van der Waals surface area contributed by atoms with Crippen LogP contribution >= 0.6 is 0 Å². The molecule has 1 aromatic rings. The molecule has 0 unspecified atom stereocenters. The molecule has 0 radical (unpaired) electrons. The van der Waals surface area contributed by atoms with E-state index in [1.165, 1.54) is 25.9 Å². The van der Waals surface area contributed by atoms with Crippen LogP contribution in [-0.4, -0.2) is 29.3 Å². The van der Waals surface area contributed by atoms with Crippen molar-refractivity contribution in [1.82, 2.24) is 9.88 Å². The van der Waals surface area contributed by atoms with Crippen molar-refractivity contribution in [3.8, 4) is 0 Å². The molecule has 1 aromatic heterocycles. The lowest BCUT2D eigenvalue weighted by Gasteiger charge is -2.13. The van der Waals surface area contributed by atoms with E-state index in [4.69, 9.17) is 0 Å². The van der Waals surface area contributed by atoms with Gasteiger partial charge < -0.3 is 0 Å². The summed E-state index contributed by atoms with van der Waals surface area (Å²) in [6.07, 6.45) is 5.06. The van der Waals surface area contributed by atoms with E-state index in [9.17, 15) is 4.79 Å². The first-order valence-electron chi connectivity index (χ1n) is 5.01. The first-order chi connectivity index (χ1) is 6.88. The summed E-state index contributed by atoms with van der Waals surface area (Å²) in [5.41, 5.74) is 1.70. The molecule has 0 spiro atoms. The molecule has 74 valence electrons. The van der Waals surface area contributed by atoms with Crippen molar-refractivity contribution >= 4 is 6.29 Å². The number of hydrogen-bond donors (Lipinski definition) is 0. The molecule has 2 rings (SSSR count). The fourth-order valence-corrected chi connectivity index (χ4v) is 1.77. The number of aldehydes is 1. The molecule has 3 heteroatoms. The number of carbonyl (C=O) groups is 1. The Bertz CT molecular complexity index is 302. The van der Waals surface area contributed by atoms with Crippen LogP contribution in [0.4, 0.5) is 0 Å². The van der Waals surface area contributed by atoms with E-state index in [0.717, 1.165) is 18.5 Å². The van der Waals surface area contributed by atoms with Crippen molar-refractivity contribution in [1.29, 1.82) is 0 Å². The van der Waals surface area contributed by atoms with Crippen LogP contribution in [-0.2, 0) is 6.54 Å². The number of carbonyl (C=O) groups excluding carboxylic acids is 1. The lowest BCUT2D eigenvalue weighted by atomic mass is 10.2. The standard InChI is InChI=1S/C11H14N2O/c14-9-10-3-4-11(12-7-10)8-13-5-1-2-6-13/h3-4,7,9H,1-2,5-6,8H2. The van der Waals surface area contributed by atoms with Crippen LogP contribution in [0.15, 0.2) is 18.3 Å². The highest BCUT2D eigenvalue weighted by Gasteiger charge is 2.11. The van der Waals surface area contributed by atoms with E-state index in [1.54, 1.807) is 6.20 Å². The molecule has 1 aliphatic heterocycles. The minimum atomic E-state index is 0.648. The first-order valence-corrected chi connectivity index (χ1v) is 5.01. The molecule has 1 saturated heterocycles. The molecule has 1 fully saturated rings. The van der Waals surface area contributed by atoms with Gasteiger partial charge >= 0.3 is 0 Å². The lowest BCUT2D eigenvalue weighted by molar-refractivity contribution is 0.112.